The van der Waals surface area contributed by atoms with E-state index in [1.165, 1.54) is 44.1 Å². The minimum absolute atomic E-state index is 0.262. The Morgan fingerprint density at radius 2 is 1.56 bits per heavy atom. The van der Waals surface area contributed by atoms with Gasteiger partial charge < -0.3 is 10.1 Å². The number of nitrogens with one attached hydrogen (secondary N) is 1. The molecule has 6 heteroatoms. The molecule has 0 saturated heterocycles. The molecule has 0 spiro atoms. The number of nitrogens with zero attached hydrogens (tertiary/aromatic N) is 2. The molecule has 4 aliphatic rings. The topological polar surface area (TPSA) is 65.3 Å². The number of ether oxygens (including phenoxy) is 1. The van der Waals surface area contributed by atoms with Crippen molar-refractivity contribution in [3.63, 3.8) is 0 Å². The van der Waals surface area contributed by atoms with Crippen LogP contribution in [0.4, 0.5) is 5.69 Å². The first-order valence-electron chi connectivity index (χ1n) is 13.2. The largest absolute Gasteiger partial charge is 0.481 e. The normalized spacial score (nSPS) is 27.1. The number of benzene rings is 2. The summed E-state index contributed by atoms with van der Waals surface area (Å²) in [5, 5.41) is 2.81. The van der Waals surface area contributed by atoms with Crippen LogP contribution in [0.1, 0.15) is 56.7 Å². The molecule has 7 rings (SSSR count). The summed E-state index contributed by atoms with van der Waals surface area (Å²) < 4.78 is 9.30. The average Bonchev–Trinajstić information content (AvgIpc) is 3.07. The predicted octanol–water partition coefficient (Wildman–Crippen LogP) is 5.36. The van der Waals surface area contributed by atoms with Crippen LogP contribution in [0.15, 0.2) is 59.4 Å². The zero-order valence-electron chi connectivity index (χ0n) is 21.4. The molecule has 1 heterocycles. The van der Waals surface area contributed by atoms with Crippen LogP contribution in [-0.4, -0.2) is 21.4 Å². The lowest BCUT2D eigenvalue weighted by Gasteiger charge is -2.57. The maximum Gasteiger partial charge on any atom is 0.295 e. The highest BCUT2D eigenvalue weighted by molar-refractivity contribution is 5.94. The summed E-state index contributed by atoms with van der Waals surface area (Å²) in [6.45, 7) is 3.54. The number of carbonyl (C=O) groups excluding carboxylic acids is 1. The Kier molecular flexibility index (Phi) is 5.58. The third kappa shape index (κ3) is 3.87. The molecule has 36 heavy (non-hydrogen) atoms. The van der Waals surface area contributed by atoms with E-state index in [-0.39, 0.29) is 17.2 Å². The molecule has 3 aromatic rings. The molecular formula is C30H35N3O3. The first-order chi connectivity index (χ1) is 17.3. The SMILES string of the molecule is Cc1c(NC(=O)C(C)Oc2ccc(C34CC5CC(CC(C5)C3)C4)cc2)c(=O)n(-c2ccccc2)n1C. The molecule has 2 aromatic carbocycles. The van der Waals surface area contributed by atoms with Crippen LogP contribution in [0.25, 0.3) is 5.69 Å². The van der Waals surface area contributed by atoms with E-state index in [0.717, 1.165) is 23.4 Å². The number of para-hydroxylation sites is 1. The second-order valence-electron chi connectivity index (χ2n) is 11.4. The lowest BCUT2D eigenvalue weighted by atomic mass is 9.48. The van der Waals surface area contributed by atoms with Crippen molar-refractivity contribution in [3.8, 4) is 11.4 Å². The van der Waals surface area contributed by atoms with Crippen LogP contribution in [0.5, 0.6) is 5.75 Å². The minimum Gasteiger partial charge on any atom is -0.481 e. The van der Waals surface area contributed by atoms with Crippen LogP contribution in [0.3, 0.4) is 0 Å². The van der Waals surface area contributed by atoms with E-state index in [9.17, 15) is 9.59 Å². The molecule has 188 valence electrons. The maximum atomic E-state index is 13.1. The van der Waals surface area contributed by atoms with Gasteiger partial charge in [-0.25, -0.2) is 4.68 Å². The van der Waals surface area contributed by atoms with E-state index in [1.807, 2.05) is 56.4 Å². The molecule has 1 atom stereocenters. The fourth-order valence-corrected chi connectivity index (χ4v) is 7.55. The summed E-state index contributed by atoms with van der Waals surface area (Å²) in [5.41, 5.74) is 3.23. The van der Waals surface area contributed by atoms with Crippen molar-refractivity contribution < 1.29 is 9.53 Å². The Labute approximate surface area is 212 Å². The molecule has 4 fully saturated rings. The highest BCUT2D eigenvalue weighted by Crippen LogP contribution is 2.60. The van der Waals surface area contributed by atoms with Crippen LogP contribution in [-0.2, 0) is 17.3 Å². The highest BCUT2D eigenvalue weighted by atomic mass is 16.5. The molecule has 1 unspecified atom stereocenters. The number of amides is 1. The van der Waals surface area contributed by atoms with Gasteiger partial charge in [0.15, 0.2) is 6.10 Å². The fraction of sp³-hybridized carbons (Fsp3) is 0.467. The first-order valence-corrected chi connectivity index (χ1v) is 13.2. The van der Waals surface area contributed by atoms with Crippen molar-refractivity contribution in [1.29, 1.82) is 0 Å². The summed E-state index contributed by atoms with van der Waals surface area (Å²) in [6.07, 6.45) is 7.55. The van der Waals surface area contributed by atoms with Crippen molar-refractivity contribution in [2.45, 2.75) is 63.9 Å². The molecule has 4 saturated carbocycles. The van der Waals surface area contributed by atoms with E-state index in [4.69, 9.17) is 4.74 Å². The molecule has 4 aliphatic carbocycles. The summed E-state index contributed by atoms with van der Waals surface area (Å²) in [7, 11) is 1.81. The van der Waals surface area contributed by atoms with E-state index in [0.29, 0.717) is 16.9 Å². The number of carbonyl (C=O) groups is 1. The molecule has 4 bridgehead atoms. The summed E-state index contributed by atoms with van der Waals surface area (Å²) >= 11 is 0. The van der Waals surface area contributed by atoms with Gasteiger partial charge >= 0.3 is 0 Å². The van der Waals surface area contributed by atoms with Gasteiger partial charge in [0.25, 0.3) is 11.5 Å². The Morgan fingerprint density at radius 3 is 2.14 bits per heavy atom. The number of rotatable bonds is 6. The number of aromatic nitrogens is 2. The van der Waals surface area contributed by atoms with Crippen LogP contribution in [0.2, 0.25) is 0 Å². The van der Waals surface area contributed by atoms with E-state index >= 15 is 0 Å². The Hall–Kier alpha value is -3.28. The summed E-state index contributed by atoms with van der Waals surface area (Å²) in [6, 6.07) is 17.8. The summed E-state index contributed by atoms with van der Waals surface area (Å²) in [5.74, 6) is 3.06. The van der Waals surface area contributed by atoms with Gasteiger partial charge in [-0.2, -0.15) is 0 Å². The van der Waals surface area contributed by atoms with E-state index in [2.05, 4.69) is 17.4 Å². The van der Waals surface area contributed by atoms with Crippen molar-refractivity contribution in [2.24, 2.45) is 24.8 Å². The molecular weight excluding hydrogens is 450 g/mol. The van der Waals surface area contributed by atoms with Gasteiger partial charge in [-0.1, -0.05) is 30.3 Å². The highest BCUT2D eigenvalue weighted by Gasteiger charge is 2.51. The Bertz CT molecular complexity index is 1300. The zero-order chi connectivity index (χ0) is 25.0. The van der Waals surface area contributed by atoms with Gasteiger partial charge in [0.1, 0.15) is 11.4 Å². The Morgan fingerprint density at radius 1 is 0.972 bits per heavy atom. The van der Waals surface area contributed by atoms with Crippen LogP contribution in [0, 0.1) is 24.7 Å². The zero-order valence-corrected chi connectivity index (χ0v) is 21.4. The number of anilines is 1. The van der Waals surface area contributed by atoms with Gasteiger partial charge in [-0.05, 0) is 105 Å². The number of hydrogen-bond acceptors (Lipinski definition) is 3. The molecule has 1 aromatic heterocycles. The molecule has 1 amide bonds. The molecule has 6 nitrogen and oxygen atoms in total. The average molecular weight is 486 g/mol. The van der Waals surface area contributed by atoms with Gasteiger partial charge in [0.2, 0.25) is 0 Å². The number of hydrogen-bond donors (Lipinski definition) is 1. The van der Waals surface area contributed by atoms with Crippen LogP contribution >= 0.6 is 0 Å². The van der Waals surface area contributed by atoms with Gasteiger partial charge in [-0.15, -0.1) is 0 Å². The lowest BCUT2D eigenvalue weighted by molar-refractivity contribution is -0.122. The standard InChI is InChI=1S/C30H35N3O3/c1-19-27(29(35)33(32(19)3)25-7-5-4-6-8-25)31-28(34)20(2)36-26-11-9-24(10-12-26)30-16-21-13-22(17-30)15-23(14-21)18-30/h4-12,20-23H,13-18H2,1-3H3,(H,31,34). The maximum absolute atomic E-state index is 13.1. The van der Waals surface area contributed by atoms with Crippen molar-refractivity contribution in [3.05, 3.63) is 76.2 Å². The van der Waals surface area contributed by atoms with Gasteiger partial charge in [0, 0.05) is 7.05 Å². The minimum atomic E-state index is -0.736. The molecule has 0 radical (unpaired) electrons. The van der Waals surface area contributed by atoms with Gasteiger partial charge in [-0.3, -0.25) is 14.3 Å². The lowest BCUT2D eigenvalue weighted by Crippen LogP contribution is -2.48. The molecule has 0 aliphatic heterocycles. The van der Waals surface area contributed by atoms with Crippen LogP contribution < -0.4 is 15.6 Å². The third-order valence-corrected chi connectivity index (χ3v) is 8.99. The van der Waals surface area contributed by atoms with Gasteiger partial charge in [0.05, 0.1) is 11.4 Å². The Balaban J connectivity index is 1.15. The smallest absolute Gasteiger partial charge is 0.295 e. The molecule has 1 N–H and O–H groups in total. The second kappa shape index (κ2) is 8.68. The van der Waals surface area contributed by atoms with Crippen molar-refractivity contribution in [1.82, 2.24) is 9.36 Å². The van der Waals surface area contributed by atoms with E-state index < -0.39 is 6.10 Å². The summed E-state index contributed by atoms with van der Waals surface area (Å²) in [4.78, 5) is 26.1. The van der Waals surface area contributed by atoms with Crippen molar-refractivity contribution >= 4 is 11.6 Å². The first kappa shape index (κ1) is 23.1. The predicted molar refractivity (Wildman–Crippen MR) is 141 cm³/mol. The van der Waals surface area contributed by atoms with Crippen molar-refractivity contribution in [2.75, 3.05) is 5.32 Å². The second-order valence-corrected chi connectivity index (χ2v) is 11.4. The fourth-order valence-electron chi connectivity index (χ4n) is 7.55. The third-order valence-electron chi connectivity index (χ3n) is 8.99. The monoisotopic (exact) mass is 485 g/mol. The van der Waals surface area contributed by atoms with E-state index in [1.54, 1.807) is 16.3 Å². The quantitative estimate of drug-likeness (QED) is 0.511.